The van der Waals surface area contributed by atoms with Crippen LogP contribution >= 0.6 is 0 Å². The van der Waals surface area contributed by atoms with Gasteiger partial charge in [-0.2, -0.15) is 0 Å². The van der Waals surface area contributed by atoms with Crippen molar-refractivity contribution in [3.8, 4) is 11.3 Å². The van der Waals surface area contributed by atoms with Gasteiger partial charge in [0.15, 0.2) is 0 Å². The van der Waals surface area contributed by atoms with Gasteiger partial charge < -0.3 is 5.32 Å². The summed E-state index contributed by atoms with van der Waals surface area (Å²) in [5.41, 5.74) is 1.12. The molecule has 0 unspecified atom stereocenters. The van der Waals surface area contributed by atoms with Crippen molar-refractivity contribution < 1.29 is 17.2 Å². The smallest absolute Gasteiger partial charge is 0.238 e. The SMILES string of the molecule is NS(=O)(=O)c1cccc(-c2ccc(NCC[C@H](F)Cc3ncccc3F)nn2)c1. The van der Waals surface area contributed by atoms with Crippen molar-refractivity contribution >= 4 is 15.8 Å². The molecule has 0 bridgehead atoms. The maximum absolute atomic E-state index is 14.0. The Hall–Kier alpha value is -2.98. The number of sulfonamides is 1. The second kappa shape index (κ2) is 9.01. The van der Waals surface area contributed by atoms with Crippen molar-refractivity contribution in [3.05, 3.63) is 66.2 Å². The van der Waals surface area contributed by atoms with E-state index >= 15 is 0 Å². The molecule has 29 heavy (non-hydrogen) atoms. The zero-order chi connectivity index (χ0) is 20.9. The molecule has 0 aliphatic rings. The molecule has 0 saturated heterocycles. The van der Waals surface area contributed by atoms with E-state index in [1.807, 2.05) is 0 Å². The van der Waals surface area contributed by atoms with Gasteiger partial charge in [-0.25, -0.2) is 22.3 Å². The largest absolute Gasteiger partial charge is 0.368 e. The molecule has 2 heterocycles. The topological polar surface area (TPSA) is 111 Å². The summed E-state index contributed by atoms with van der Waals surface area (Å²) in [6, 6.07) is 12.1. The summed E-state index contributed by atoms with van der Waals surface area (Å²) in [6.45, 7) is 0.282. The van der Waals surface area contributed by atoms with E-state index in [1.54, 1.807) is 24.3 Å². The van der Waals surface area contributed by atoms with Gasteiger partial charge >= 0.3 is 0 Å². The Morgan fingerprint density at radius 1 is 1.10 bits per heavy atom. The number of anilines is 1. The van der Waals surface area contributed by atoms with Gasteiger partial charge in [0.25, 0.3) is 0 Å². The van der Waals surface area contributed by atoms with Gasteiger partial charge in [-0.05, 0) is 42.8 Å². The number of pyridine rings is 1. The third kappa shape index (κ3) is 5.75. The van der Waals surface area contributed by atoms with Crippen LogP contribution in [-0.2, 0) is 16.4 Å². The van der Waals surface area contributed by atoms with Gasteiger partial charge in [0.2, 0.25) is 10.0 Å². The number of nitrogens with zero attached hydrogens (tertiary/aromatic N) is 3. The second-order valence-corrected chi connectivity index (χ2v) is 7.89. The monoisotopic (exact) mass is 419 g/mol. The Labute approximate surface area is 167 Å². The standard InChI is InChI=1S/C19H19F2N5O2S/c20-14(12-18-16(21)5-2-9-23-18)8-10-24-19-7-6-17(25-26-19)13-3-1-4-15(11-13)29(22,27)28/h1-7,9,11,14H,8,10,12H2,(H,24,26)(H2,22,27,28)/t14-/m0/s1. The minimum Gasteiger partial charge on any atom is -0.368 e. The van der Waals surface area contributed by atoms with Gasteiger partial charge in [0, 0.05) is 24.7 Å². The van der Waals surface area contributed by atoms with E-state index in [9.17, 15) is 17.2 Å². The molecule has 0 aliphatic heterocycles. The molecule has 1 aromatic carbocycles. The Bertz CT molecular complexity index is 1080. The number of hydrogen-bond acceptors (Lipinski definition) is 6. The molecule has 152 valence electrons. The molecule has 0 fully saturated rings. The van der Waals surface area contributed by atoms with E-state index in [0.717, 1.165) is 0 Å². The third-order valence-electron chi connectivity index (χ3n) is 4.14. The summed E-state index contributed by atoms with van der Waals surface area (Å²) in [5.74, 6) is -0.0800. The Morgan fingerprint density at radius 2 is 1.93 bits per heavy atom. The first-order valence-corrected chi connectivity index (χ1v) is 10.3. The first kappa shape index (κ1) is 20.7. The maximum Gasteiger partial charge on any atom is 0.238 e. The molecule has 3 N–H and O–H groups in total. The van der Waals surface area contributed by atoms with Crippen LogP contribution in [-0.4, -0.2) is 36.3 Å². The van der Waals surface area contributed by atoms with E-state index in [0.29, 0.717) is 17.1 Å². The van der Waals surface area contributed by atoms with Crippen LogP contribution in [0.25, 0.3) is 11.3 Å². The molecule has 2 aromatic heterocycles. The van der Waals surface area contributed by atoms with Gasteiger partial charge in [-0.3, -0.25) is 4.98 Å². The molecule has 0 amide bonds. The molecule has 0 spiro atoms. The summed E-state index contributed by atoms with van der Waals surface area (Å²) >= 11 is 0. The highest BCUT2D eigenvalue weighted by Crippen LogP contribution is 2.20. The fourth-order valence-electron chi connectivity index (χ4n) is 2.65. The number of primary sulfonamides is 1. The summed E-state index contributed by atoms with van der Waals surface area (Å²) in [5, 5.41) is 16.1. The van der Waals surface area contributed by atoms with Crippen molar-refractivity contribution in [1.82, 2.24) is 15.2 Å². The lowest BCUT2D eigenvalue weighted by Gasteiger charge is -2.10. The van der Waals surface area contributed by atoms with Gasteiger partial charge in [0.05, 0.1) is 16.3 Å². The second-order valence-electron chi connectivity index (χ2n) is 6.33. The lowest BCUT2D eigenvalue weighted by atomic mass is 10.1. The van der Waals surface area contributed by atoms with Crippen LogP contribution in [0.2, 0.25) is 0 Å². The zero-order valence-corrected chi connectivity index (χ0v) is 16.1. The number of nitrogens with two attached hydrogens (primary N) is 1. The molecule has 3 rings (SSSR count). The van der Waals surface area contributed by atoms with E-state index < -0.39 is 22.0 Å². The quantitative estimate of drug-likeness (QED) is 0.581. The molecule has 1 atom stereocenters. The predicted molar refractivity (Wildman–Crippen MR) is 105 cm³/mol. The number of hydrogen-bond donors (Lipinski definition) is 2. The van der Waals surface area contributed by atoms with Crippen LogP contribution in [0.4, 0.5) is 14.6 Å². The molecule has 0 aliphatic carbocycles. The molecular formula is C19H19F2N5O2S. The number of alkyl halides is 1. The fraction of sp³-hybridized carbons (Fsp3) is 0.211. The highest BCUT2D eigenvalue weighted by molar-refractivity contribution is 7.89. The summed E-state index contributed by atoms with van der Waals surface area (Å²) < 4.78 is 50.5. The van der Waals surface area contributed by atoms with E-state index in [1.165, 1.54) is 30.5 Å². The first-order chi connectivity index (χ1) is 13.8. The van der Waals surface area contributed by atoms with E-state index in [-0.39, 0.29) is 30.0 Å². The molecule has 3 aromatic rings. The third-order valence-corrected chi connectivity index (χ3v) is 5.05. The number of nitrogens with one attached hydrogen (secondary N) is 1. The summed E-state index contributed by atoms with van der Waals surface area (Å²) in [7, 11) is -3.81. The zero-order valence-electron chi connectivity index (χ0n) is 15.3. The Morgan fingerprint density at radius 3 is 2.62 bits per heavy atom. The Kier molecular flexibility index (Phi) is 6.45. The minimum atomic E-state index is -3.81. The number of benzene rings is 1. The van der Waals surface area contributed by atoms with Crippen LogP contribution in [0.5, 0.6) is 0 Å². The van der Waals surface area contributed by atoms with Crippen molar-refractivity contribution in [1.29, 1.82) is 0 Å². The molecular weight excluding hydrogens is 400 g/mol. The van der Waals surface area contributed by atoms with Crippen molar-refractivity contribution in [2.45, 2.75) is 23.9 Å². The average molecular weight is 419 g/mol. The molecule has 7 nitrogen and oxygen atoms in total. The highest BCUT2D eigenvalue weighted by atomic mass is 32.2. The Balaban J connectivity index is 1.55. The normalized spacial score (nSPS) is 12.5. The van der Waals surface area contributed by atoms with Gasteiger partial charge in [-0.15, -0.1) is 10.2 Å². The van der Waals surface area contributed by atoms with E-state index in [2.05, 4.69) is 20.5 Å². The fourth-order valence-corrected chi connectivity index (χ4v) is 3.21. The number of aromatic nitrogens is 3. The van der Waals surface area contributed by atoms with Crippen LogP contribution < -0.4 is 10.5 Å². The first-order valence-electron chi connectivity index (χ1n) is 8.77. The van der Waals surface area contributed by atoms with Crippen LogP contribution in [0.3, 0.4) is 0 Å². The predicted octanol–water partition coefficient (Wildman–Crippen LogP) is 2.71. The maximum atomic E-state index is 14.0. The number of rotatable bonds is 8. The lowest BCUT2D eigenvalue weighted by molar-refractivity contribution is 0.313. The van der Waals surface area contributed by atoms with E-state index in [4.69, 9.17) is 5.14 Å². The molecule has 0 radical (unpaired) electrons. The van der Waals surface area contributed by atoms with Crippen LogP contribution in [0, 0.1) is 5.82 Å². The lowest BCUT2D eigenvalue weighted by Crippen LogP contribution is -2.14. The average Bonchev–Trinajstić information content (AvgIpc) is 2.70. The van der Waals surface area contributed by atoms with Crippen molar-refractivity contribution in [2.75, 3.05) is 11.9 Å². The molecule has 10 heteroatoms. The van der Waals surface area contributed by atoms with Crippen LogP contribution in [0.1, 0.15) is 12.1 Å². The minimum absolute atomic E-state index is 0.0164. The van der Waals surface area contributed by atoms with Crippen molar-refractivity contribution in [2.24, 2.45) is 5.14 Å². The summed E-state index contributed by atoms with van der Waals surface area (Å²) in [6.07, 6.45) is 0.231. The molecule has 0 saturated carbocycles. The van der Waals surface area contributed by atoms with Gasteiger partial charge in [0.1, 0.15) is 17.8 Å². The van der Waals surface area contributed by atoms with Crippen LogP contribution in [0.15, 0.2) is 59.6 Å². The van der Waals surface area contributed by atoms with Crippen molar-refractivity contribution in [3.63, 3.8) is 0 Å². The highest BCUT2D eigenvalue weighted by Gasteiger charge is 2.13. The van der Waals surface area contributed by atoms with Gasteiger partial charge in [-0.1, -0.05) is 12.1 Å². The number of halogens is 2. The summed E-state index contributed by atoms with van der Waals surface area (Å²) in [4.78, 5) is 3.82.